The Morgan fingerprint density at radius 2 is 2.00 bits per heavy atom. The predicted octanol–water partition coefficient (Wildman–Crippen LogP) is 1.94. The van der Waals surface area contributed by atoms with E-state index < -0.39 is 5.91 Å². The normalized spacial score (nSPS) is 10.9. The Kier molecular flexibility index (Phi) is 6.55. The maximum atomic E-state index is 12.6. The first-order valence-electron chi connectivity index (χ1n) is 9.26. The van der Waals surface area contributed by atoms with Crippen LogP contribution in [-0.2, 0) is 22.7 Å². The maximum absolute atomic E-state index is 12.6. The minimum atomic E-state index is -0.503. The average Bonchev–Trinajstić information content (AvgIpc) is 3.09. The van der Waals surface area contributed by atoms with Gasteiger partial charge in [-0.3, -0.25) is 23.6 Å². The van der Waals surface area contributed by atoms with E-state index in [1.807, 2.05) is 18.2 Å². The van der Waals surface area contributed by atoms with Gasteiger partial charge in [0.05, 0.1) is 22.8 Å². The topological polar surface area (TPSA) is 128 Å². The van der Waals surface area contributed by atoms with Crippen LogP contribution in [0.1, 0.15) is 25.7 Å². The Morgan fingerprint density at radius 3 is 2.79 bits per heavy atom. The average molecular weight is 414 g/mol. The van der Waals surface area contributed by atoms with Crippen LogP contribution in [0, 0.1) is 4.77 Å². The third-order valence-electron chi connectivity index (χ3n) is 4.41. The first-order valence-corrected chi connectivity index (χ1v) is 9.67. The molecule has 0 saturated heterocycles. The van der Waals surface area contributed by atoms with Gasteiger partial charge >= 0.3 is 0 Å². The highest BCUT2D eigenvalue weighted by molar-refractivity contribution is 7.71. The Hall–Kier alpha value is -3.27. The number of carbonyl (C=O) groups is 2. The summed E-state index contributed by atoms with van der Waals surface area (Å²) in [6.45, 7) is 0.465. The fourth-order valence-electron chi connectivity index (χ4n) is 3.03. The zero-order valence-corrected chi connectivity index (χ0v) is 16.6. The molecule has 0 unspecified atom stereocenters. The van der Waals surface area contributed by atoms with Crippen molar-refractivity contribution < 1.29 is 9.59 Å². The van der Waals surface area contributed by atoms with Crippen LogP contribution >= 0.6 is 12.2 Å². The number of nitrogens with two attached hydrogens (primary N) is 1. The van der Waals surface area contributed by atoms with E-state index in [0.29, 0.717) is 35.2 Å². The van der Waals surface area contributed by atoms with Gasteiger partial charge < -0.3 is 16.0 Å². The van der Waals surface area contributed by atoms with Gasteiger partial charge in [-0.25, -0.2) is 0 Å². The number of hydrogen-bond acceptors (Lipinski definition) is 5. The molecule has 0 atom stereocenters. The molecule has 2 amide bonds. The van der Waals surface area contributed by atoms with Crippen LogP contribution < -0.4 is 16.6 Å². The van der Waals surface area contributed by atoms with Crippen LogP contribution in [0.15, 0.2) is 41.5 Å². The number of H-pyrrole nitrogens is 1. The van der Waals surface area contributed by atoms with Gasteiger partial charge in [0.1, 0.15) is 6.54 Å². The van der Waals surface area contributed by atoms with E-state index in [2.05, 4.69) is 15.4 Å². The molecule has 0 fully saturated rings. The van der Waals surface area contributed by atoms with E-state index >= 15 is 0 Å². The summed E-state index contributed by atoms with van der Waals surface area (Å²) >= 11 is 5.29. The van der Waals surface area contributed by atoms with Crippen LogP contribution in [0.2, 0.25) is 0 Å². The summed E-state index contributed by atoms with van der Waals surface area (Å²) in [6.07, 6.45) is 5.56. The van der Waals surface area contributed by atoms with Crippen molar-refractivity contribution >= 4 is 40.6 Å². The second kappa shape index (κ2) is 9.28. The molecule has 29 heavy (non-hydrogen) atoms. The van der Waals surface area contributed by atoms with Gasteiger partial charge in [-0.2, -0.15) is 5.10 Å². The van der Waals surface area contributed by atoms with Gasteiger partial charge in [-0.1, -0.05) is 18.6 Å². The minimum absolute atomic E-state index is 0.0354. The van der Waals surface area contributed by atoms with Gasteiger partial charge in [0.2, 0.25) is 11.8 Å². The van der Waals surface area contributed by atoms with Crippen molar-refractivity contribution in [1.29, 1.82) is 0 Å². The lowest BCUT2D eigenvalue weighted by molar-refractivity contribution is -0.118. The Balaban J connectivity index is 1.45. The number of anilines is 1. The second-order valence-corrected chi connectivity index (χ2v) is 7.07. The first-order chi connectivity index (χ1) is 13.9. The fraction of sp³-hybridized carbons (Fsp3) is 0.316. The largest absolute Gasteiger partial charge is 0.368 e. The molecular formula is C19H22N6O3S. The monoisotopic (exact) mass is 414 g/mol. The van der Waals surface area contributed by atoms with E-state index in [9.17, 15) is 14.4 Å². The molecule has 0 radical (unpaired) electrons. The smallest absolute Gasteiger partial charge is 0.262 e. The third-order valence-corrected chi connectivity index (χ3v) is 4.73. The number of aromatic amines is 1. The molecule has 4 N–H and O–H groups in total. The molecule has 152 valence electrons. The number of unbranched alkanes of at least 4 members (excludes halogenated alkanes) is 2. The molecule has 10 heteroatoms. The predicted molar refractivity (Wildman–Crippen MR) is 112 cm³/mol. The van der Waals surface area contributed by atoms with Crippen molar-refractivity contribution in [3.05, 3.63) is 51.8 Å². The number of benzene rings is 1. The number of aromatic nitrogens is 4. The molecule has 0 aliphatic carbocycles. The number of primary amides is 1. The summed E-state index contributed by atoms with van der Waals surface area (Å²) in [5.41, 5.74) is 6.25. The van der Waals surface area contributed by atoms with Crippen molar-refractivity contribution in [1.82, 2.24) is 19.3 Å². The number of hydrogen-bond donors (Lipinski definition) is 3. The van der Waals surface area contributed by atoms with Gasteiger partial charge in [-0.15, -0.1) is 0 Å². The summed E-state index contributed by atoms with van der Waals surface area (Å²) in [6, 6.07) is 7.27. The highest BCUT2D eigenvalue weighted by Gasteiger charge is 2.07. The van der Waals surface area contributed by atoms with E-state index in [4.69, 9.17) is 18.0 Å². The van der Waals surface area contributed by atoms with Crippen LogP contribution in [0.25, 0.3) is 10.9 Å². The van der Waals surface area contributed by atoms with Crippen LogP contribution in [-0.4, -0.2) is 31.1 Å². The number of nitrogens with one attached hydrogen (secondary N) is 2. The molecule has 3 rings (SSSR count). The van der Waals surface area contributed by atoms with Crippen LogP contribution in [0.3, 0.4) is 0 Å². The summed E-state index contributed by atoms with van der Waals surface area (Å²) in [5.74, 6) is -0.639. The van der Waals surface area contributed by atoms with E-state index in [1.165, 1.54) is 10.9 Å². The maximum Gasteiger partial charge on any atom is 0.262 e. The second-order valence-electron chi connectivity index (χ2n) is 6.68. The summed E-state index contributed by atoms with van der Waals surface area (Å²) < 4.78 is 3.33. The molecule has 2 aromatic heterocycles. The molecule has 0 bridgehead atoms. The van der Waals surface area contributed by atoms with Gasteiger partial charge in [0, 0.05) is 19.2 Å². The quantitative estimate of drug-likeness (QED) is 0.364. The van der Waals surface area contributed by atoms with Gasteiger partial charge in [-0.05, 0) is 37.2 Å². The summed E-state index contributed by atoms with van der Waals surface area (Å²) in [4.78, 5) is 38.5. The van der Waals surface area contributed by atoms with E-state index in [0.717, 1.165) is 18.4 Å². The summed E-state index contributed by atoms with van der Waals surface area (Å²) in [7, 11) is 0. The number of fused-ring (bicyclic) bond motifs is 1. The van der Waals surface area contributed by atoms with Gasteiger partial charge in [0.15, 0.2) is 4.77 Å². The van der Waals surface area contributed by atoms with Crippen LogP contribution in [0.5, 0.6) is 0 Å². The highest BCUT2D eigenvalue weighted by atomic mass is 32.1. The van der Waals surface area contributed by atoms with Crippen molar-refractivity contribution in [2.24, 2.45) is 5.73 Å². The number of amides is 2. The van der Waals surface area contributed by atoms with Gasteiger partial charge in [0.25, 0.3) is 5.56 Å². The fourth-order valence-corrected chi connectivity index (χ4v) is 3.32. The first kappa shape index (κ1) is 20.5. The lowest BCUT2D eigenvalue weighted by Crippen LogP contribution is -2.22. The van der Waals surface area contributed by atoms with Crippen molar-refractivity contribution in [2.45, 2.75) is 38.8 Å². The zero-order chi connectivity index (χ0) is 20.8. The molecule has 2 heterocycles. The molecule has 0 spiro atoms. The third kappa shape index (κ3) is 5.38. The number of carbonyl (C=O) groups excluding carboxylic acids is 2. The minimum Gasteiger partial charge on any atom is -0.368 e. The lowest BCUT2D eigenvalue weighted by Gasteiger charge is -2.08. The number of rotatable bonds is 9. The Labute approximate surface area is 171 Å². The van der Waals surface area contributed by atoms with Crippen molar-refractivity contribution in [3.63, 3.8) is 0 Å². The number of para-hydroxylation sites is 1. The molecular weight excluding hydrogens is 392 g/mol. The Bertz CT molecular complexity index is 1150. The molecule has 0 saturated carbocycles. The van der Waals surface area contributed by atoms with E-state index in [1.54, 1.807) is 16.8 Å². The molecule has 3 aromatic rings. The molecule has 1 aromatic carbocycles. The van der Waals surface area contributed by atoms with Crippen LogP contribution in [0.4, 0.5) is 5.69 Å². The number of nitrogens with zero attached hydrogens (tertiary/aromatic N) is 3. The van der Waals surface area contributed by atoms with E-state index in [-0.39, 0.29) is 18.0 Å². The SMILES string of the molecule is NC(=O)Cn1cc(NC(=O)CCCCCn2c(=S)[nH]c3ccccc3c2=O)cn1. The standard InChI is InChI=1S/C19H22N6O3S/c20-16(26)12-24-11-13(10-21-24)22-17(27)8-2-1-5-9-25-18(28)14-6-3-4-7-15(14)23-19(25)29/h3-4,6-7,10-11H,1-2,5,8-9,12H2,(H2,20,26)(H,22,27)(H,23,29). The highest BCUT2D eigenvalue weighted by Crippen LogP contribution is 2.09. The lowest BCUT2D eigenvalue weighted by atomic mass is 10.2. The summed E-state index contributed by atoms with van der Waals surface area (Å²) in [5, 5.41) is 7.29. The molecule has 9 nitrogen and oxygen atoms in total. The Morgan fingerprint density at radius 1 is 1.21 bits per heavy atom. The van der Waals surface area contributed by atoms with Crippen molar-refractivity contribution in [3.8, 4) is 0 Å². The van der Waals surface area contributed by atoms with Crippen molar-refractivity contribution in [2.75, 3.05) is 5.32 Å². The molecule has 0 aliphatic heterocycles. The molecule has 0 aliphatic rings. The zero-order valence-electron chi connectivity index (χ0n) is 15.8.